The van der Waals surface area contributed by atoms with Gasteiger partial charge in [-0.05, 0) is 25.3 Å². The summed E-state index contributed by atoms with van der Waals surface area (Å²) in [5.41, 5.74) is 0.351. The SMILES string of the molecule is CCOC(=O)C[C@]1(C)N=C(c2ccccc2)[C@@H](C(C)C)OC1=O. The Morgan fingerprint density at radius 3 is 2.57 bits per heavy atom. The summed E-state index contributed by atoms with van der Waals surface area (Å²) in [5.74, 6) is -0.847. The summed E-state index contributed by atoms with van der Waals surface area (Å²) in [4.78, 5) is 28.9. The zero-order valence-corrected chi connectivity index (χ0v) is 14.0. The van der Waals surface area contributed by atoms with Gasteiger partial charge in [-0.2, -0.15) is 0 Å². The molecule has 1 heterocycles. The van der Waals surface area contributed by atoms with Gasteiger partial charge in [-0.3, -0.25) is 9.79 Å². The number of hydrogen-bond acceptors (Lipinski definition) is 5. The van der Waals surface area contributed by atoms with Crippen molar-refractivity contribution in [1.29, 1.82) is 0 Å². The highest BCUT2D eigenvalue weighted by atomic mass is 16.6. The second-order valence-corrected chi connectivity index (χ2v) is 6.19. The van der Waals surface area contributed by atoms with E-state index in [1.165, 1.54) is 0 Å². The molecule has 1 aromatic rings. The molecule has 0 fully saturated rings. The van der Waals surface area contributed by atoms with Gasteiger partial charge in [0.1, 0.15) is 6.10 Å². The summed E-state index contributed by atoms with van der Waals surface area (Å²) in [6.07, 6.45) is -0.541. The van der Waals surface area contributed by atoms with Crippen LogP contribution in [-0.2, 0) is 19.1 Å². The summed E-state index contributed by atoms with van der Waals surface area (Å²) in [5, 5.41) is 0. The molecule has 5 nitrogen and oxygen atoms in total. The zero-order valence-electron chi connectivity index (χ0n) is 14.0. The van der Waals surface area contributed by atoms with Crippen LogP contribution in [0.5, 0.6) is 0 Å². The van der Waals surface area contributed by atoms with Crippen molar-refractivity contribution in [3.63, 3.8) is 0 Å². The number of nitrogens with zero attached hydrogens (tertiary/aromatic N) is 1. The quantitative estimate of drug-likeness (QED) is 0.783. The van der Waals surface area contributed by atoms with Crippen LogP contribution in [0.25, 0.3) is 0 Å². The van der Waals surface area contributed by atoms with E-state index < -0.39 is 23.6 Å². The third-order valence-electron chi connectivity index (χ3n) is 3.78. The standard InChI is InChI=1S/C18H23NO4/c1-5-22-14(20)11-18(4)17(21)23-16(12(2)3)15(19-18)13-9-7-6-8-10-13/h6-10,12,16H,5,11H2,1-4H3/t16-,18+/m1/s1. The highest BCUT2D eigenvalue weighted by molar-refractivity contribution is 6.08. The third-order valence-corrected chi connectivity index (χ3v) is 3.78. The maximum absolute atomic E-state index is 12.4. The Balaban J connectivity index is 2.42. The number of aliphatic imine (C=N–C) groups is 1. The molecule has 0 bridgehead atoms. The van der Waals surface area contributed by atoms with Crippen molar-refractivity contribution < 1.29 is 19.1 Å². The van der Waals surface area contributed by atoms with Gasteiger partial charge in [0.05, 0.1) is 18.7 Å². The zero-order chi connectivity index (χ0) is 17.0. The Bertz CT molecular complexity index is 609. The van der Waals surface area contributed by atoms with Crippen molar-refractivity contribution in [3.8, 4) is 0 Å². The van der Waals surface area contributed by atoms with Gasteiger partial charge in [-0.1, -0.05) is 44.2 Å². The number of cyclic esters (lactones) is 1. The van der Waals surface area contributed by atoms with Gasteiger partial charge in [-0.15, -0.1) is 0 Å². The van der Waals surface area contributed by atoms with E-state index in [1.807, 2.05) is 44.2 Å². The third kappa shape index (κ3) is 3.78. The van der Waals surface area contributed by atoms with Crippen molar-refractivity contribution in [2.24, 2.45) is 10.9 Å². The van der Waals surface area contributed by atoms with Crippen molar-refractivity contribution in [2.45, 2.75) is 45.8 Å². The fourth-order valence-corrected chi connectivity index (χ4v) is 2.57. The molecule has 124 valence electrons. The van der Waals surface area contributed by atoms with Crippen molar-refractivity contribution >= 4 is 17.7 Å². The van der Waals surface area contributed by atoms with E-state index in [0.29, 0.717) is 5.71 Å². The van der Waals surface area contributed by atoms with Crippen LogP contribution in [0.3, 0.4) is 0 Å². The van der Waals surface area contributed by atoms with Crippen LogP contribution in [0.4, 0.5) is 0 Å². The van der Waals surface area contributed by atoms with E-state index in [9.17, 15) is 9.59 Å². The molecule has 0 saturated heterocycles. The molecule has 0 unspecified atom stereocenters. The lowest BCUT2D eigenvalue weighted by Crippen LogP contribution is -2.49. The minimum atomic E-state index is -1.25. The summed E-state index contributed by atoms with van der Waals surface area (Å²) < 4.78 is 10.6. The van der Waals surface area contributed by atoms with Gasteiger partial charge in [0.15, 0.2) is 5.54 Å². The average molecular weight is 317 g/mol. The number of carbonyl (C=O) groups is 2. The monoisotopic (exact) mass is 317 g/mol. The Morgan fingerprint density at radius 1 is 1.35 bits per heavy atom. The predicted molar refractivity (Wildman–Crippen MR) is 87.4 cm³/mol. The van der Waals surface area contributed by atoms with E-state index in [0.717, 1.165) is 5.56 Å². The molecule has 0 aliphatic carbocycles. The summed E-state index contributed by atoms with van der Waals surface area (Å²) in [7, 11) is 0. The topological polar surface area (TPSA) is 65.0 Å². The highest BCUT2D eigenvalue weighted by Crippen LogP contribution is 2.29. The van der Waals surface area contributed by atoms with Gasteiger partial charge in [-0.25, -0.2) is 4.79 Å². The summed E-state index contributed by atoms with van der Waals surface area (Å²) in [6, 6.07) is 9.60. The largest absolute Gasteiger partial charge is 0.466 e. The molecule has 0 saturated carbocycles. The van der Waals surface area contributed by atoms with E-state index in [-0.39, 0.29) is 18.9 Å². The van der Waals surface area contributed by atoms with Gasteiger partial charge < -0.3 is 9.47 Å². The maximum atomic E-state index is 12.4. The Morgan fingerprint density at radius 2 is 2.00 bits per heavy atom. The number of carbonyl (C=O) groups excluding carboxylic acids is 2. The lowest BCUT2D eigenvalue weighted by molar-refractivity contribution is -0.160. The van der Waals surface area contributed by atoms with Crippen LogP contribution in [0.2, 0.25) is 0 Å². The van der Waals surface area contributed by atoms with Gasteiger partial charge >= 0.3 is 11.9 Å². The molecule has 23 heavy (non-hydrogen) atoms. The Hall–Kier alpha value is -2.17. The van der Waals surface area contributed by atoms with Crippen molar-refractivity contribution in [2.75, 3.05) is 6.61 Å². The molecule has 0 spiro atoms. The molecule has 0 amide bonds. The van der Waals surface area contributed by atoms with E-state index >= 15 is 0 Å². The molecule has 2 atom stereocenters. The van der Waals surface area contributed by atoms with Gasteiger partial charge in [0, 0.05) is 0 Å². The fraction of sp³-hybridized carbons (Fsp3) is 0.500. The molecule has 0 radical (unpaired) electrons. The summed E-state index contributed by atoms with van der Waals surface area (Å²) >= 11 is 0. The van der Waals surface area contributed by atoms with Crippen molar-refractivity contribution in [3.05, 3.63) is 35.9 Å². The number of ether oxygens (including phenoxy) is 2. The predicted octanol–water partition coefficient (Wildman–Crippen LogP) is 2.77. The van der Waals surface area contributed by atoms with Crippen LogP contribution in [0.15, 0.2) is 35.3 Å². The normalized spacial score (nSPS) is 24.1. The number of rotatable bonds is 5. The second kappa shape index (κ2) is 6.94. The summed E-state index contributed by atoms with van der Waals surface area (Å²) in [6.45, 7) is 7.57. The molecule has 1 aliphatic heterocycles. The Kier molecular flexibility index (Phi) is 5.19. The first-order valence-electron chi connectivity index (χ1n) is 7.89. The number of hydrogen-bond donors (Lipinski definition) is 0. The van der Waals surface area contributed by atoms with Crippen molar-refractivity contribution in [1.82, 2.24) is 0 Å². The molecule has 1 aromatic carbocycles. The minimum absolute atomic E-state index is 0.0880. The van der Waals surface area contributed by atoms with Crippen LogP contribution < -0.4 is 0 Å². The lowest BCUT2D eigenvalue weighted by Gasteiger charge is -2.35. The molecular weight excluding hydrogens is 294 g/mol. The number of benzene rings is 1. The van der Waals surface area contributed by atoms with Gasteiger partial charge in [0.2, 0.25) is 0 Å². The van der Waals surface area contributed by atoms with Crippen LogP contribution >= 0.6 is 0 Å². The fourth-order valence-electron chi connectivity index (χ4n) is 2.57. The first-order chi connectivity index (χ1) is 10.9. The lowest BCUT2D eigenvalue weighted by atomic mass is 9.90. The first kappa shape index (κ1) is 17.2. The second-order valence-electron chi connectivity index (χ2n) is 6.19. The van der Waals surface area contributed by atoms with E-state index in [1.54, 1.807) is 13.8 Å². The molecule has 2 rings (SSSR count). The van der Waals surface area contributed by atoms with Crippen LogP contribution in [0.1, 0.15) is 39.7 Å². The van der Waals surface area contributed by atoms with Gasteiger partial charge in [0.25, 0.3) is 0 Å². The minimum Gasteiger partial charge on any atom is -0.466 e. The molecule has 1 aliphatic rings. The first-order valence-corrected chi connectivity index (χ1v) is 7.89. The number of esters is 2. The molecular formula is C18H23NO4. The molecule has 5 heteroatoms. The highest BCUT2D eigenvalue weighted by Gasteiger charge is 2.45. The van der Waals surface area contributed by atoms with E-state index in [2.05, 4.69) is 4.99 Å². The Labute approximate surface area is 136 Å². The van der Waals surface area contributed by atoms with E-state index in [4.69, 9.17) is 9.47 Å². The average Bonchev–Trinajstić information content (AvgIpc) is 2.50. The molecule has 0 N–H and O–H groups in total. The van der Waals surface area contributed by atoms with Crippen LogP contribution in [0, 0.1) is 5.92 Å². The smallest absolute Gasteiger partial charge is 0.335 e. The van der Waals surface area contributed by atoms with Crippen LogP contribution in [-0.4, -0.2) is 35.9 Å². The maximum Gasteiger partial charge on any atom is 0.335 e. The molecule has 0 aromatic heterocycles.